The number of carbonyl (C=O) groups excluding carboxylic acids is 2. The van der Waals surface area contributed by atoms with Gasteiger partial charge in [-0.25, -0.2) is 9.59 Å². The highest BCUT2D eigenvalue weighted by molar-refractivity contribution is 5.95. The average Bonchev–Trinajstić information content (AvgIpc) is 3.48. The molecule has 0 aliphatic heterocycles. The Morgan fingerprint density at radius 1 is 1.06 bits per heavy atom. The summed E-state index contributed by atoms with van der Waals surface area (Å²) in [4.78, 5) is 35.9. The highest BCUT2D eigenvalue weighted by atomic mass is 16.5. The predicted molar refractivity (Wildman–Crippen MR) is 120 cm³/mol. The molecule has 9 heteroatoms. The Balaban J connectivity index is 1.15. The molecule has 2 amide bonds. The number of hydrogen-bond acceptors (Lipinski definition) is 6. The van der Waals surface area contributed by atoms with Crippen LogP contribution in [0.2, 0.25) is 0 Å². The third-order valence-corrected chi connectivity index (χ3v) is 6.19. The van der Waals surface area contributed by atoms with Gasteiger partial charge in [0.25, 0.3) is 5.91 Å². The highest BCUT2D eigenvalue weighted by Crippen LogP contribution is 2.44. The topological polar surface area (TPSA) is 131 Å². The lowest BCUT2D eigenvalue weighted by Gasteiger charge is -2.14. The second kappa shape index (κ2) is 9.01. The molecule has 1 saturated carbocycles. The number of nitrogens with zero attached hydrogens (tertiary/aromatic N) is 1. The van der Waals surface area contributed by atoms with Crippen LogP contribution in [0.4, 0.5) is 4.79 Å². The quantitative estimate of drug-likeness (QED) is 0.469. The number of alkyl carbamates (subject to hydrolysis) is 1. The molecule has 0 radical (unpaired) electrons. The van der Waals surface area contributed by atoms with E-state index in [-0.39, 0.29) is 36.4 Å². The standard InChI is InChI=1S/C25H23N3O6/c29-23(27-22(24(30)31)14-9-10-14)21-11-15(34-28-21)12-26-25(32)33-13-20-18-7-3-1-5-16(18)17-6-2-4-8-19(17)20/h1-8,11,14,20,22H,9-10,12-13H2,(H,26,32)(H,27,29)(H,30,31). The summed E-state index contributed by atoms with van der Waals surface area (Å²) in [6.45, 7) is 0.156. The lowest BCUT2D eigenvalue weighted by Crippen LogP contribution is -2.42. The van der Waals surface area contributed by atoms with Gasteiger partial charge in [-0.1, -0.05) is 53.7 Å². The van der Waals surface area contributed by atoms with Crippen LogP contribution in [0.1, 0.15) is 46.1 Å². The van der Waals surface area contributed by atoms with Crippen molar-refractivity contribution in [1.29, 1.82) is 0 Å². The number of amides is 2. The smallest absolute Gasteiger partial charge is 0.407 e. The van der Waals surface area contributed by atoms with Crippen LogP contribution >= 0.6 is 0 Å². The van der Waals surface area contributed by atoms with Crippen molar-refractivity contribution in [2.45, 2.75) is 31.3 Å². The van der Waals surface area contributed by atoms with Gasteiger partial charge in [0, 0.05) is 12.0 Å². The number of benzene rings is 2. The third-order valence-electron chi connectivity index (χ3n) is 6.19. The van der Waals surface area contributed by atoms with Crippen LogP contribution in [0.25, 0.3) is 11.1 Å². The number of aliphatic carboxylic acids is 1. The van der Waals surface area contributed by atoms with Gasteiger partial charge in [-0.15, -0.1) is 0 Å². The van der Waals surface area contributed by atoms with Gasteiger partial charge in [0.15, 0.2) is 11.5 Å². The number of carboxylic acid groups (broad SMARTS) is 1. The number of fused-ring (bicyclic) bond motifs is 3. The summed E-state index contributed by atoms with van der Waals surface area (Å²) >= 11 is 0. The molecule has 1 fully saturated rings. The van der Waals surface area contributed by atoms with Gasteiger partial charge in [-0.3, -0.25) is 4.79 Å². The van der Waals surface area contributed by atoms with Crippen molar-refractivity contribution < 1.29 is 28.8 Å². The minimum Gasteiger partial charge on any atom is -0.480 e. The number of nitrogens with one attached hydrogen (secondary N) is 2. The molecule has 5 rings (SSSR count). The summed E-state index contributed by atoms with van der Waals surface area (Å²) in [5.74, 6) is -1.56. The van der Waals surface area contributed by atoms with Gasteiger partial charge in [0.2, 0.25) is 0 Å². The molecule has 3 aromatic rings. The maximum absolute atomic E-state index is 12.3. The molecule has 1 heterocycles. The molecule has 2 aromatic carbocycles. The van der Waals surface area contributed by atoms with Crippen LogP contribution in [-0.4, -0.2) is 40.9 Å². The van der Waals surface area contributed by atoms with Crippen LogP contribution in [-0.2, 0) is 16.1 Å². The van der Waals surface area contributed by atoms with Crippen molar-refractivity contribution in [2.24, 2.45) is 5.92 Å². The number of hydrogen-bond donors (Lipinski definition) is 3. The molecule has 1 atom stereocenters. The lowest BCUT2D eigenvalue weighted by molar-refractivity contribution is -0.139. The molecule has 2 aliphatic carbocycles. The predicted octanol–water partition coefficient (Wildman–Crippen LogP) is 3.31. The summed E-state index contributed by atoms with van der Waals surface area (Å²) in [5.41, 5.74) is 4.48. The zero-order chi connectivity index (χ0) is 23.7. The van der Waals surface area contributed by atoms with Crippen molar-refractivity contribution >= 4 is 18.0 Å². The van der Waals surface area contributed by atoms with Crippen molar-refractivity contribution in [3.8, 4) is 11.1 Å². The average molecular weight is 461 g/mol. The van der Waals surface area contributed by atoms with Gasteiger partial charge in [0.1, 0.15) is 12.6 Å². The van der Waals surface area contributed by atoms with E-state index in [2.05, 4.69) is 27.9 Å². The largest absolute Gasteiger partial charge is 0.480 e. The van der Waals surface area contributed by atoms with Crippen molar-refractivity contribution in [3.05, 3.63) is 77.2 Å². The first-order chi connectivity index (χ1) is 16.5. The fourth-order valence-corrected chi connectivity index (χ4v) is 4.34. The molecule has 3 N–H and O–H groups in total. The first-order valence-corrected chi connectivity index (χ1v) is 11.1. The molecule has 0 spiro atoms. The Kier molecular flexibility index (Phi) is 5.75. The van der Waals surface area contributed by atoms with Crippen molar-refractivity contribution in [3.63, 3.8) is 0 Å². The number of carbonyl (C=O) groups is 3. The van der Waals surface area contributed by atoms with E-state index in [1.165, 1.54) is 6.07 Å². The maximum Gasteiger partial charge on any atom is 0.407 e. The van der Waals surface area contributed by atoms with E-state index < -0.39 is 24.0 Å². The van der Waals surface area contributed by atoms with Crippen molar-refractivity contribution in [1.82, 2.24) is 15.8 Å². The minimum absolute atomic E-state index is 0.0259. The zero-order valence-electron chi connectivity index (χ0n) is 18.2. The van der Waals surface area contributed by atoms with E-state index in [1.54, 1.807) is 0 Å². The van der Waals surface area contributed by atoms with Crippen molar-refractivity contribution in [2.75, 3.05) is 6.61 Å². The second-order valence-corrected chi connectivity index (χ2v) is 8.48. The van der Waals surface area contributed by atoms with Crippen LogP contribution in [0.15, 0.2) is 59.1 Å². The fourth-order valence-electron chi connectivity index (χ4n) is 4.34. The van der Waals surface area contributed by atoms with E-state index >= 15 is 0 Å². The van der Waals surface area contributed by atoms with Crippen LogP contribution < -0.4 is 10.6 Å². The summed E-state index contributed by atoms with van der Waals surface area (Å²) in [6, 6.07) is 16.6. The Morgan fingerprint density at radius 2 is 1.71 bits per heavy atom. The van der Waals surface area contributed by atoms with Crippen LogP contribution in [0.5, 0.6) is 0 Å². The number of rotatable bonds is 8. The van der Waals surface area contributed by atoms with E-state index in [1.807, 2.05) is 36.4 Å². The normalized spacial score (nSPS) is 15.2. The minimum atomic E-state index is -1.07. The summed E-state index contributed by atoms with van der Waals surface area (Å²) < 4.78 is 10.6. The summed E-state index contributed by atoms with van der Waals surface area (Å²) in [6.07, 6.45) is 0.917. The summed E-state index contributed by atoms with van der Waals surface area (Å²) in [7, 11) is 0. The number of carboxylic acids is 1. The molecule has 9 nitrogen and oxygen atoms in total. The van der Waals surface area contributed by atoms with E-state index in [4.69, 9.17) is 9.26 Å². The van der Waals surface area contributed by atoms with E-state index in [0.29, 0.717) is 0 Å². The third kappa shape index (κ3) is 4.36. The molecule has 0 bridgehead atoms. The Morgan fingerprint density at radius 3 is 2.32 bits per heavy atom. The van der Waals surface area contributed by atoms with E-state index in [9.17, 15) is 19.5 Å². The lowest BCUT2D eigenvalue weighted by atomic mass is 9.98. The Bertz CT molecular complexity index is 1200. The molecule has 1 unspecified atom stereocenters. The van der Waals surface area contributed by atoms with Gasteiger partial charge < -0.3 is 25.0 Å². The number of aromatic nitrogens is 1. The van der Waals surface area contributed by atoms with Gasteiger partial charge in [0.05, 0.1) is 6.54 Å². The monoisotopic (exact) mass is 461 g/mol. The molecular formula is C25H23N3O6. The molecule has 174 valence electrons. The second-order valence-electron chi connectivity index (χ2n) is 8.48. The molecule has 1 aromatic heterocycles. The van der Waals surface area contributed by atoms with Crippen LogP contribution in [0.3, 0.4) is 0 Å². The first-order valence-electron chi connectivity index (χ1n) is 11.1. The molecule has 34 heavy (non-hydrogen) atoms. The Hall–Kier alpha value is -4.14. The van der Waals surface area contributed by atoms with Gasteiger partial charge >= 0.3 is 12.1 Å². The Labute approximate surface area is 195 Å². The van der Waals surface area contributed by atoms with Crippen LogP contribution in [0, 0.1) is 5.92 Å². The number of ether oxygens (including phenoxy) is 1. The molecule has 0 saturated heterocycles. The van der Waals surface area contributed by atoms with Gasteiger partial charge in [-0.2, -0.15) is 0 Å². The zero-order valence-corrected chi connectivity index (χ0v) is 18.2. The SMILES string of the molecule is O=C(NCc1cc(C(=O)NC(C(=O)O)C2CC2)no1)OCC1c2ccccc2-c2ccccc21. The van der Waals surface area contributed by atoms with Gasteiger partial charge in [-0.05, 0) is 41.0 Å². The first kappa shape index (κ1) is 21.7. The highest BCUT2D eigenvalue weighted by Gasteiger charge is 2.37. The molecular weight excluding hydrogens is 438 g/mol. The fraction of sp³-hybridized carbons (Fsp3) is 0.280. The van der Waals surface area contributed by atoms with E-state index in [0.717, 1.165) is 35.1 Å². The maximum atomic E-state index is 12.3. The summed E-state index contributed by atoms with van der Waals surface area (Å²) in [5, 5.41) is 18.0. The molecule has 2 aliphatic rings.